The Bertz CT molecular complexity index is 1020. The quantitative estimate of drug-likeness (QED) is 0.573. The Labute approximate surface area is 200 Å². The van der Waals surface area contributed by atoms with Crippen LogP contribution in [0.3, 0.4) is 0 Å². The lowest BCUT2D eigenvalue weighted by molar-refractivity contribution is -0.159. The van der Waals surface area contributed by atoms with Gasteiger partial charge in [-0.3, -0.25) is 4.79 Å². The van der Waals surface area contributed by atoms with Crippen LogP contribution in [0.2, 0.25) is 0 Å². The molecule has 3 atom stereocenters. The number of benzene rings is 2. The number of nitrogens with one attached hydrogen (secondary N) is 1. The predicted molar refractivity (Wildman–Crippen MR) is 128 cm³/mol. The van der Waals surface area contributed by atoms with Crippen LogP contribution >= 0.6 is 0 Å². The van der Waals surface area contributed by atoms with Gasteiger partial charge in [0.2, 0.25) is 5.91 Å². The normalized spacial score (nSPS) is 18.3. The lowest BCUT2D eigenvalue weighted by Crippen LogP contribution is -2.56. The fourth-order valence-corrected chi connectivity index (χ4v) is 4.96. The summed E-state index contributed by atoms with van der Waals surface area (Å²) in [7, 11) is 0. The first kappa shape index (κ1) is 23.8. The van der Waals surface area contributed by atoms with Gasteiger partial charge in [-0.15, -0.1) is 0 Å². The lowest BCUT2D eigenvalue weighted by Gasteiger charge is -2.39. The molecule has 0 bridgehead atoms. The minimum atomic E-state index is -0.937. The van der Waals surface area contributed by atoms with E-state index in [1.54, 1.807) is 0 Å². The fraction of sp³-hybridized carbons (Fsp3) is 0.444. The van der Waals surface area contributed by atoms with Gasteiger partial charge in [0.25, 0.3) is 0 Å². The standard InChI is InChI=1S/C27H32N2O5/c1-17(25(30)29-15-14-24(29)26(31)32)8-7-9-18(2)28-27(33)34-16-23-21-12-5-3-10-19(21)20-11-4-6-13-22(20)23/h3-6,10-13,17-18,23-24H,7-9,14-16H2,1-2H3,(H,28,33)(H,31,32). The van der Waals surface area contributed by atoms with Crippen molar-refractivity contribution in [3.05, 3.63) is 59.7 Å². The summed E-state index contributed by atoms with van der Waals surface area (Å²) in [4.78, 5) is 37.5. The number of carbonyl (C=O) groups is 3. The van der Waals surface area contributed by atoms with Gasteiger partial charge in [-0.05, 0) is 48.4 Å². The van der Waals surface area contributed by atoms with Crippen molar-refractivity contribution >= 4 is 18.0 Å². The number of carboxylic acid groups (broad SMARTS) is 1. The maximum absolute atomic E-state index is 12.5. The van der Waals surface area contributed by atoms with Gasteiger partial charge in [-0.2, -0.15) is 0 Å². The second kappa shape index (κ2) is 10.3. The molecule has 0 aromatic heterocycles. The summed E-state index contributed by atoms with van der Waals surface area (Å²) in [5, 5.41) is 12.0. The number of carbonyl (C=O) groups excluding carboxylic acids is 2. The predicted octanol–water partition coefficient (Wildman–Crippen LogP) is 4.41. The number of carboxylic acids is 1. The highest BCUT2D eigenvalue weighted by Gasteiger charge is 2.38. The van der Waals surface area contributed by atoms with E-state index in [1.165, 1.54) is 27.2 Å². The van der Waals surface area contributed by atoms with E-state index in [1.807, 2.05) is 38.1 Å². The van der Waals surface area contributed by atoms with E-state index < -0.39 is 18.1 Å². The van der Waals surface area contributed by atoms with E-state index >= 15 is 0 Å². The third-order valence-electron chi connectivity index (χ3n) is 6.99. The first-order valence-electron chi connectivity index (χ1n) is 12.0. The molecule has 2 aliphatic rings. The number of hydrogen-bond donors (Lipinski definition) is 2. The monoisotopic (exact) mass is 464 g/mol. The molecule has 0 spiro atoms. The number of rotatable bonds is 9. The molecule has 7 heteroatoms. The molecule has 1 fully saturated rings. The van der Waals surface area contributed by atoms with Gasteiger partial charge < -0.3 is 20.1 Å². The second-order valence-electron chi connectivity index (χ2n) is 9.38. The van der Waals surface area contributed by atoms with Crippen LogP contribution in [0.4, 0.5) is 4.79 Å². The third kappa shape index (κ3) is 4.93. The molecule has 1 heterocycles. The largest absolute Gasteiger partial charge is 0.480 e. The Hall–Kier alpha value is -3.35. The van der Waals surface area contributed by atoms with Crippen LogP contribution in [0.1, 0.15) is 56.6 Å². The highest BCUT2D eigenvalue weighted by molar-refractivity contribution is 5.86. The number of alkyl carbamates (subject to hydrolysis) is 1. The zero-order chi connectivity index (χ0) is 24.2. The minimum Gasteiger partial charge on any atom is -0.480 e. The molecule has 180 valence electrons. The average molecular weight is 465 g/mol. The molecule has 1 saturated heterocycles. The van der Waals surface area contributed by atoms with Gasteiger partial charge in [0.05, 0.1) is 0 Å². The Morgan fingerprint density at radius 1 is 1.03 bits per heavy atom. The van der Waals surface area contributed by atoms with E-state index in [9.17, 15) is 14.4 Å². The van der Waals surface area contributed by atoms with E-state index in [0.29, 0.717) is 25.8 Å². The van der Waals surface area contributed by atoms with Crippen molar-refractivity contribution < 1.29 is 24.2 Å². The zero-order valence-corrected chi connectivity index (χ0v) is 19.7. The topological polar surface area (TPSA) is 95.9 Å². The minimum absolute atomic E-state index is 0.0245. The van der Waals surface area contributed by atoms with Crippen LogP contribution in [0, 0.1) is 5.92 Å². The van der Waals surface area contributed by atoms with E-state index in [2.05, 4.69) is 29.6 Å². The van der Waals surface area contributed by atoms with Gasteiger partial charge in [0, 0.05) is 24.4 Å². The Balaban J connectivity index is 1.21. The molecular formula is C27H32N2O5. The SMILES string of the molecule is CC(CCCC(C)C(=O)N1CCC1C(=O)O)NC(=O)OCC1c2ccccc2-c2ccccc21. The van der Waals surface area contributed by atoms with E-state index in [0.717, 1.165) is 6.42 Å². The summed E-state index contributed by atoms with van der Waals surface area (Å²) in [5.74, 6) is -1.25. The maximum Gasteiger partial charge on any atom is 0.407 e. The van der Waals surface area contributed by atoms with Gasteiger partial charge in [0.15, 0.2) is 0 Å². The fourth-order valence-electron chi connectivity index (χ4n) is 4.96. The molecule has 0 saturated carbocycles. The number of amides is 2. The highest BCUT2D eigenvalue weighted by atomic mass is 16.5. The first-order chi connectivity index (χ1) is 16.4. The van der Waals surface area contributed by atoms with Crippen LogP contribution in [-0.4, -0.2) is 53.2 Å². The number of nitrogens with zero attached hydrogens (tertiary/aromatic N) is 1. The zero-order valence-electron chi connectivity index (χ0n) is 19.7. The van der Waals surface area contributed by atoms with Crippen molar-refractivity contribution in [2.75, 3.05) is 13.2 Å². The van der Waals surface area contributed by atoms with Crippen LogP contribution in [0.5, 0.6) is 0 Å². The van der Waals surface area contributed by atoms with Crippen molar-refractivity contribution in [2.45, 2.75) is 57.5 Å². The molecule has 2 N–H and O–H groups in total. The van der Waals surface area contributed by atoms with E-state index in [-0.39, 0.29) is 30.4 Å². The van der Waals surface area contributed by atoms with E-state index in [4.69, 9.17) is 9.84 Å². The summed E-state index contributed by atoms with van der Waals surface area (Å²) < 4.78 is 5.60. The van der Waals surface area contributed by atoms with Crippen molar-refractivity contribution in [2.24, 2.45) is 5.92 Å². The Morgan fingerprint density at radius 2 is 1.65 bits per heavy atom. The van der Waals surface area contributed by atoms with Crippen molar-refractivity contribution in [3.8, 4) is 11.1 Å². The molecule has 1 aliphatic carbocycles. The number of aliphatic carboxylic acids is 1. The first-order valence-corrected chi connectivity index (χ1v) is 12.0. The van der Waals surface area contributed by atoms with Crippen molar-refractivity contribution in [3.63, 3.8) is 0 Å². The van der Waals surface area contributed by atoms with Crippen LogP contribution in [0.15, 0.2) is 48.5 Å². The molecule has 3 unspecified atom stereocenters. The van der Waals surface area contributed by atoms with Gasteiger partial charge in [-0.25, -0.2) is 9.59 Å². The molecule has 7 nitrogen and oxygen atoms in total. The third-order valence-corrected chi connectivity index (χ3v) is 6.99. The number of fused-ring (bicyclic) bond motifs is 3. The molecule has 4 rings (SSSR count). The molecule has 2 aromatic carbocycles. The Morgan fingerprint density at radius 3 is 2.21 bits per heavy atom. The maximum atomic E-state index is 12.5. The molecule has 1 aliphatic heterocycles. The van der Waals surface area contributed by atoms with Crippen molar-refractivity contribution in [1.29, 1.82) is 0 Å². The lowest BCUT2D eigenvalue weighted by atomic mass is 9.96. The van der Waals surface area contributed by atoms with Gasteiger partial charge >= 0.3 is 12.1 Å². The summed E-state index contributed by atoms with van der Waals surface area (Å²) >= 11 is 0. The number of likely N-dealkylation sites (tertiary alicyclic amines) is 1. The Kier molecular flexibility index (Phi) is 7.20. The van der Waals surface area contributed by atoms with Gasteiger partial charge in [-0.1, -0.05) is 61.9 Å². The molecule has 2 aromatic rings. The summed E-state index contributed by atoms with van der Waals surface area (Å²) in [6.45, 7) is 4.55. The molecule has 34 heavy (non-hydrogen) atoms. The highest BCUT2D eigenvalue weighted by Crippen LogP contribution is 2.44. The number of hydrogen-bond acceptors (Lipinski definition) is 4. The van der Waals surface area contributed by atoms with Crippen LogP contribution in [0.25, 0.3) is 11.1 Å². The molecule has 0 radical (unpaired) electrons. The smallest absolute Gasteiger partial charge is 0.407 e. The molecule has 2 amide bonds. The second-order valence-corrected chi connectivity index (χ2v) is 9.38. The summed E-state index contributed by atoms with van der Waals surface area (Å²) in [6.07, 6.45) is 2.20. The summed E-state index contributed by atoms with van der Waals surface area (Å²) in [5.41, 5.74) is 4.74. The average Bonchev–Trinajstić information content (AvgIpc) is 3.10. The van der Waals surface area contributed by atoms with Gasteiger partial charge in [0.1, 0.15) is 12.6 Å². The molecular weight excluding hydrogens is 432 g/mol. The van der Waals surface area contributed by atoms with Crippen LogP contribution in [-0.2, 0) is 14.3 Å². The summed E-state index contributed by atoms with van der Waals surface area (Å²) in [6, 6.07) is 15.7. The van der Waals surface area contributed by atoms with Crippen LogP contribution < -0.4 is 5.32 Å². The van der Waals surface area contributed by atoms with Crippen molar-refractivity contribution in [1.82, 2.24) is 10.2 Å². The number of ether oxygens (including phenoxy) is 1.